The van der Waals surface area contributed by atoms with Crippen LogP contribution in [-0.4, -0.2) is 12.0 Å². The second-order valence-corrected chi connectivity index (χ2v) is 4.10. The minimum absolute atomic E-state index is 0.227. The molecular formula is C9H11BF3N2-. The molecule has 1 heterocycles. The lowest BCUT2D eigenvalue weighted by molar-refractivity contribution is 0.467. The molecule has 15 heavy (non-hydrogen) atoms. The van der Waals surface area contributed by atoms with Crippen molar-refractivity contribution < 1.29 is 12.9 Å². The number of nitrogens with two attached hydrogens (primary N) is 1. The quantitative estimate of drug-likeness (QED) is 0.782. The summed E-state index contributed by atoms with van der Waals surface area (Å²) in [6.07, 6.45) is 3.40. The predicted molar refractivity (Wildman–Crippen MR) is 52.1 cm³/mol. The van der Waals surface area contributed by atoms with E-state index >= 15 is 0 Å². The summed E-state index contributed by atoms with van der Waals surface area (Å²) in [5.74, 6) is 0. The van der Waals surface area contributed by atoms with Crippen molar-refractivity contribution in [2.24, 2.45) is 5.73 Å². The number of pyridine rings is 1. The van der Waals surface area contributed by atoms with Gasteiger partial charge in [0, 0.05) is 17.9 Å². The Hall–Kier alpha value is -1.04. The summed E-state index contributed by atoms with van der Waals surface area (Å²) in [4.78, 5) is 3.73. The summed E-state index contributed by atoms with van der Waals surface area (Å²) in [7, 11) is 0. The molecule has 1 fully saturated rings. The summed E-state index contributed by atoms with van der Waals surface area (Å²) >= 11 is 0. The third-order valence-electron chi connectivity index (χ3n) is 2.68. The molecule has 0 amide bonds. The van der Waals surface area contributed by atoms with E-state index in [2.05, 4.69) is 4.98 Å². The van der Waals surface area contributed by atoms with Crippen LogP contribution < -0.4 is 5.73 Å². The number of hydrogen-bond donors (Lipinski definition) is 1. The van der Waals surface area contributed by atoms with Crippen molar-refractivity contribution in [2.45, 2.75) is 24.7 Å². The fourth-order valence-electron chi connectivity index (χ4n) is 1.73. The molecule has 0 spiro atoms. The number of nitrogens with zero attached hydrogens (tertiary/aromatic N) is 1. The first-order chi connectivity index (χ1) is 6.91. The van der Waals surface area contributed by atoms with Gasteiger partial charge >= 0.3 is 6.98 Å². The highest BCUT2D eigenvalue weighted by Crippen LogP contribution is 2.44. The monoisotopic (exact) mass is 215 g/mol. The largest absolute Gasteiger partial charge is 0.482 e. The van der Waals surface area contributed by atoms with Crippen LogP contribution in [0.4, 0.5) is 12.9 Å². The number of hydrogen-bond acceptors (Lipinski definition) is 2. The summed E-state index contributed by atoms with van der Waals surface area (Å²) in [6, 6.07) is 1.60. The highest BCUT2D eigenvalue weighted by Gasteiger charge is 2.42. The van der Waals surface area contributed by atoms with Crippen LogP contribution >= 0.6 is 0 Å². The van der Waals surface area contributed by atoms with Gasteiger partial charge in [-0.25, -0.2) is 0 Å². The highest BCUT2D eigenvalue weighted by molar-refractivity contribution is 6.57. The highest BCUT2D eigenvalue weighted by atomic mass is 19.4. The topological polar surface area (TPSA) is 38.9 Å². The van der Waals surface area contributed by atoms with Crippen molar-refractivity contribution in [3.05, 3.63) is 29.6 Å². The minimum atomic E-state index is -4.82. The average molecular weight is 215 g/mol. The standard InChI is InChI=1S/C9H11BF3N2/c11-10(12,13)5-7-6-15-4-1-8(7)9(14)2-3-9/h1,4,6H,2-3,5,14H2/q-1. The lowest BCUT2D eigenvalue weighted by Gasteiger charge is -2.19. The smallest absolute Gasteiger partial charge is 0.449 e. The van der Waals surface area contributed by atoms with Crippen LogP contribution in [0, 0.1) is 0 Å². The maximum Gasteiger partial charge on any atom is 0.482 e. The average Bonchev–Trinajstić information content (AvgIpc) is 2.83. The fourth-order valence-corrected chi connectivity index (χ4v) is 1.73. The third kappa shape index (κ3) is 2.31. The van der Waals surface area contributed by atoms with E-state index < -0.39 is 18.8 Å². The van der Waals surface area contributed by atoms with Crippen LogP contribution in [0.1, 0.15) is 24.0 Å². The summed E-state index contributed by atoms with van der Waals surface area (Å²) in [5, 5.41) is 0. The van der Waals surface area contributed by atoms with E-state index in [1.165, 1.54) is 12.4 Å². The first-order valence-corrected chi connectivity index (χ1v) is 4.84. The van der Waals surface area contributed by atoms with E-state index in [1.54, 1.807) is 6.07 Å². The van der Waals surface area contributed by atoms with Crippen LogP contribution in [0.2, 0.25) is 0 Å². The molecule has 0 aromatic carbocycles. The van der Waals surface area contributed by atoms with Crippen LogP contribution in [-0.2, 0) is 11.9 Å². The molecule has 2 rings (SSSR count). The van der Waals surface area contributed by atoms with Crippen molar-refractivity contribution in [1.29, 1.82) is 0 Å². The maximum absolute atomic E-state index is 12.3. The van der Waals surface area contributed by atoms with E-state index in [0.717, 1.165) is 12.8 Å². The molecule has 6 heteroatoms. The molecular weight excluding hydrogens is 204 g/mol. The Morgan fingerprint density at radius 3 is 2.60 bits per heavy atom. The number of aromatic nitrogens is 1. The number of halogens is 3. The normalized spacial score (nSPS) is 18.9. The van der Waals surface area contributed by atoms with Crippen molar-refractivity contribution in [2.75, 3.05) is 0 Å². The van der Waals surface area contributed by atoms with Crippen molar-refractivity contribution >= 4 is 6.98 Å². The molecule has 0 bridgehead atoms. The van der Waals surface area contributed by atoms with Gasteiger partial charge in [-0.15, -0.1) is 0 Å². The van der Waals surface area contributed by atoms with Gasteiger partial charge in [0.1, 0.15) is 0 Å². The van der Waals surface area contributed by atoms with E-state index in [4.69, 9.17) is 5.73 Å². The van der Waals surface area contributed by atoms with Crippen molar-refractivity contribution in [1.82, 2.24) is 4.98 Å². The Morgan fingerprint density at radius 2 is 2.07 bits per heavy atom. The van der Waals surface area contributed by atoms with Crippen LogP contribution in [0.3, 0.4) is 0 Å². The number of rotatable bonds is 3. The van der Waals surface area contributed by atoms with Gasteiger partial charge in [-0.05, 0) is 24.5 Å². The Bertz CT molecular complexity index is 374. The molecule has 1 aromatic heterocycles. The second kappa shape index (κ2) is 3.23. The Morgan fingerprint density at radius 1 is 1.40 bits per heavy atom. The summed E-state index contributed by atoms with van der Waals surface area (Å²) in [6.45, 7) is -4.82. The first-order valence-electron chi connectivity index (χ1n) is 4.84. The zero-order valence-corrected chi connectivity index (χ0v) is 8.09. The molecule has 2 nitrogen and oxygen atoms in total. The maximum atomic E-state index is 12.3. The molecule has 0 unspecified atom stereocenters. The molecule has 82 valence electrons. The summed E-state index contributed by atoms with van der Waals surface area (Å²) in [5.41, 5.74) is 6.21. The Balaban J connectivity index is 2.31. The van der Waals surface area contributed by atoms with Gasteiger partial charge in [0.25, 0.3) is 0 Å². The van der Waals surface area contributed by atoms with Crippen LogP contribution in [0.5, 0.6) is 0 Å². The lowest BCUT2D eigenvalue weighted by atomic mass is 9.79. The van der Waals surface area contributed by atoms with Crippen LogP contribution in [0.15, 0.2) is 18.5 Å². The lowest BCUT2D eigenvalue weighted by Crippen LogP contribution is -2.25. The molecule has 0 atom stereocenters. The zero-order valence-electron chi connectivity index (χ0n) is 8.09. The molecule has 0 radical (unpaired) electrons. The first kappa shape index (κ1) is 10.5. The van der Waals surface area contributed by atoms with Gasteiger partial charge in [-0.1, -0.05) is 11.9 Å². The minimum Gasteiger partial charge on any atom is -0.449 e. The van der Waals surface area contributed by atoms with E-state index in [9.17, 15) is 12.9 Å². The van der Waals surface area contributed by atoms with Crippen molar-refractivity contribution in [3.63, 3.8) is 0 Å². The molecule has 1 saturated carbocycles. The SMILES string of the molecule is NC1(c2ccncc2C[B-](F)(F)F)CC1. The second-order valence-electron chi connectivity index (χ2n) is 4.10. The Labute approximate surface area is 85.7 Å². The van der Waals surface area contributed by atoms with Gasteiger partial charge < -0.3 is 18.7 Å². The van der Waals surface area contributed by atoms with E-state index in [0.29, 0.717) is 5.56 Å². The van der Waals surface area contributed by atoms with E-state index in [1.807, 2.05) is 0 Å². The molecule has 1 aromatic rings. The van der Waals surface area contributed by atoms with Gasteiger partial charge in [-0.2, -0.15) is 0 Å². The zero-order chi connectivity index (χ0) is 11.1. The molecule has 0 saturated heterocycles. The van der Waals surface area contributed by atoms with E-state index in [-0.39, 0.29) is 5.56 Å². The van der Waals surface area contributed by atoms with Gasteiger partial charge in [0.05, 0.1) is 0 Å². The van der Waals surface area contributed by atoms with Gasteiger partial charge in [0.15, 0.2) is 0 Å². The van der Waals surface area contributed by atoms with Crippen LogP contribution in [0.25, 0.3) is 0 Å². The van der Waals surface area contributed by atoms with Gasteiger partial charge in [-0.3, -0.25) is 4.98 Å². The summed E-state index contributed by atoms with van der Waals surface area (Å²) < 4.78 is 37.0. The molecule has 0 aliphatic heterocycles. The predicted octanol–water partition coefficient (Wildman–Crippen LogP) is 1.96. The fraction of sp³-hybridized carbons (Fsp3) is 0.444. The molecule has 1 aliphatic carbocycles. The Kier molecular flexibility index (Phi) is 2.26. The van der Waals surface area contributed by atoms with Crippen molar-refractivity contribution in [3.8, 4) is 0 Å². The molecule has 1 aliphatic rings. The third-order valence-corrected chi connectivity index (χ3v) is 2.68. The van der Waals surface area contributed by atoms with Gasteiger partial charge in [0.2, 0.25) is 0 Å². The molecule has 2 N–H and O–H groups in total.